The van der Waals surface area contributed by atoms with Gasteiger partial charge >= 0.3 is 10.4 Å². The fourth-order valence-electron chi connectivity index (χ4n) is 4.45. The first-order valence-corrected chi connectivity index (χ1v) is 12.7. The van der Waals surface area contributed by atoms with E-state index in [1.165, 1.54) is 43.5 Å². The third-order valence-corrected chi connectivity index (χ3v) is 6.57. The lowest BCUT2D eigenvalue weighted by Gasteiger charge is -2.35. The first-order chi connectivity index (χ1) is 18.5. The molecule has 0 aliphatic carbocycles. The molecule has 0 spiro atoms. The van der Waals surface area contributed by atoms with E-state index >= 15 is 0 Å². The number of fused-ring (bicyclic) bond motifs is 2. The Bertz CT molecular complexity index is 1550. The van der Waals surface area contributed by atoms with E-state index in [2.05, 4.69) is 4.18 Å². The molecule has 0 bridgehead atoms. The van der Waals surface area contributed by atoms with E-state index in [1.807, 2.05) is 0 Å². The maximum absolute atomic E-state index is 12.8. The molecule has 4 atom stereocenters. The Kier molecular flexibility index (Phi) is 6.64. The number of Topliss-reactive ketones (excluding diaryl/α,β-unsaturated/α-hetero) is 1. The van der Waals surface area contributed by atoms with Crippen LogP contribution < -0.4 is 23.1 Å². The Morgan fingerprint density at radius 2 is 1.56 bits per heavy atom. The van der Waals surface area contributed by atoms with Gasteiger partial charge in [-0.2, -0.15) is 8.42 Å². The number of aliphatic hydroxyl groups is 2. The van der Waals surface area contributed by atoms with E-state index in [9.17, 15) is 33.6 Å². The van der Waals surface area contributed by atoms with E-state index in [0.29, 0.717) is 11.1 Å². The van der Waals surface area contributed by atoms with Crippen LogP contribution in [0.2, 0.25) is 0 Å². The third-order valence-electron chi connectivity index (χ3n) is 6.18. The summed E-state index contributed by atoms with van der Waals surface area (Å²) in [5.41, 5.74) is 0.450. The third kappa shape index (κ3) is 4.97. The Balaban J connectivity index is 1.47. The van der Waals surface area contributed by atoms with Crippen LogP contribution in [-0.2, 0) is 10.4 Å². The summed E-state index contributed by atoms with van der Waals surface area (Å²) in [4.78, 5) is 12.8. The van der Waals surface area contributed by atoms with Crippen LogP contribution in [0.1, 0.15) is 33.7 Å². The van der Waals surface area contributed by atoms with Crippen molar-refractivity contribution < 1.29 is 61.3 Å². The Hall–Kier alpha value is -4.24. The summed E-state index contributed by atoms with van der Waals surface area (Å²) in [5.74, 6) is -1.69. The lowest BCUT2D eigenvalue weighted by atomic mass is 9.92. The maximum atomic E-state index is 12.8. The second-order valence-corrected chi connectivity index (χ2v) is 9.71. The number of phenolic OH excluding ortho intramolecular Hbond substituents is 2. The van der Waals surface area contributed by atoms with E-state index in [1.54, 1.807) is 0 Å². The van der Waals surface area contributed by atoms with Gasteiger partial charge in [-0.25, -0.2) is 0 Å². The number of ketones is 1. The molecule has 3 aromatic carbocycles. The summed E-state index contributed by atoms with van der Waals surface area (Å²) < 4.78 is 58.7. The van der Waals surface area contributed by atoms with Crippen LogP contribution in [0.3, 0.4) is 0 Å². The molecule has 0 unspecified atom stereocenters. The molecule has 2 aliphatic heterocycles. The van der Waals surface area contributed by atoms with Gasteiger partial charge in [0.15, 0.2) is 47.4 Å². The molecule has 2 aliphatic rings. The highest BCUT2D eigenvalue weighted by Gasteiger charge is 2.40. The van der Waals surface area contributed by atoms with Gasteiger partial charge in [-0.1, -0.05) is 12.1 Å². The van der Waals surface area contributed by atoms with Gasteiger partial charge in [0, 0.05) is 17.7 Å². The van der Waals surface area contributed by atoms with E-state index in [-0.39, 0.29) is 40.1 Å². The molecule has 39 heavy (non-hydrogen) atoms. The Labute approximate surface area is 221 Å². The van der Waals surface area contributed by atoms with Crippen LogP contribution in [0.4, 0.5) is 0 Å². The first kappa shape index (κ1) is 26.4. The Morgan fingerprint density at radius 3 is 2.26 bits per heavy atom. The van der Waals surface area contributed by atoms with Crippen molar-refractivity contribution in [2.24, 2.45) is 0 Å². The van der Waals surface area contributed by atoms with E-state index in [0.717, 1.165) is 12.1 Å². The number of ether oxygens (including phenoxy) is 4. The number of phenols is 2. The molecule has 3 aromatic rings. The van der Waals surface area contributed by atoms with Crippen LogP contribution in [-0.4, -0.2) is 65.1 Å². The Morgan fingerprint density at radius 1 is 0.872 bits per heavy atom. The molecule has 0 aromatic heterocycles. The zero-order chi connectivity index (χ0) is 28.1. The zero-order valence-corrected chi connectivity index (χ0v) is 20.9. The van der Waals surface area contributed by atoms with Crippen molar-refractivity contribution >= 4 is 16.2 Å². The second-order valence-electron chi connectivity index (χ2n) is 8.69. The lowest BCUT2D eigenvalue weighted by molar-refractivity contribution is -0.0130. The van der Waals surface area contributed by atoms with Crippen molar-refractivity contribution in [3.63, 3.8) is 0 Å². The normalized spacial score (nSPS) is 22.0. The second kappa shape index (κ2) is 9.81. The highest BCUT2D eigenvalue weighted by atomic mass is 32.3. The number of rotatable bonds is 6. The topological polar surface area (TPSA) is 199 Å². The molecule has 5 rings (SSSR count). The highest BCUT2D eigenvalue weighted by molar-refractivity contribution is 7.81. The number of aromatic hydroxyl groups is 2. The first-order valence-electron chi connectivity index (χ1n) is 11.4. The lowest BCUT2D eigenvalue weighted by Crippen LogP contribution is -2.37. The number of hydrogen-bond donors (Lipinski definition) is 5. The molecule has 0 saturated carbocycles. The van der Waals surface area contributed by atoms with Crippen molar-refractivity contribution in [2.45, 2.75) is 24.4 Å². The van der Waals surface area contributed by atoms with Crippen LogP contribution in [0, 0.1) is 0 Å². The summed E-state index contributed by atoms with van der Waals surface area (Å²) in [5, 5.41) is 40.5. The van der Waals surface area contributed by atoms with Crippen molar-refractivity contribution in [1.82, 2.24) is 0 Å². The highest BCUT2D eigenvalue weighted by Crippen LogP contribution is 2.46. The van der Waals surface area contributed by atoms with Gasteiger partial charge in [-0.05, 0) is 29.8 Å². The summed E-state index contributed by atoms with van der Waals surface area (Å²) >= 11 is 0. The molecule has 5 N–H and O–H groups in total. The average molecular weight is 563 g/mol. The molecule has 206 valence electrons. The standard InChI is InChI=1S/C25H22O13S/c1-34-17-6-11(3-5-16(17)38-39(31,32)33)24-20(10-26)35-15-4-2-12(7-18(15)36-24)25-23(30)22(29)21-14(28)8-13(27)9-19(21)37-25/h2-9,20,23-28,30H,10H2,1H3,(H,31,32,33)/t20-,23-,24-,25+/m0/s1. The molecule has 0 radical (unpaired) electrons. The number of methoxy groups -OCH3 is 1. The quantitative estimate of drug-likeness (QED) is 0.273. The molecule has 14 heteroatoms. The van der Waals surface area contributed by atoms with Gasteiger partial charge in [-0.3, -0.25) is 9.35 Å². The van der Waals surface area contributed by atoms with E-state index in [4.69, 9.17) is 23.5 Å². The van der Waals surface area contributed by atoms with Crippen LogP contribution >= 0.6 is 0 Å². The van der Waals surface area contributed by atoms with Crippen molar-refractivity contribution in [3.05, 3.63) is 65.2 Å². The maximum Gasteiger partial charge on any atom is 0.446 e. The minimum Gasteiger partial charge on any atom is -0.508 e. The molecule has 0 saturated heterocycles. The smallest absolute Gasteiger partial charge is 0.446 e. The van der Waals surface area contributed by atoms with E-state index < -0.39 is 53.0 Å². The molecular formula is C25H22O13S. The predicted molar refractivity (Wildman–Crippen MR) is 130 cm³/mol. The minimum absolute atomic E-state index is 0.0487. The van der Waals surface area contributed by atoms with Gasteiger partial charge in [0.05, 0.1) is 13.7 Å². The SMILES string of the molecule is COc1cc([C@@H]2Oc3cc([C@H]4Oc5cc(O)cc(O)c5C(=O)[C@@H]4O)ccc3O[C@H]2CO)ccc1OS(=O)(=O)O. The molecule has 0 amide bonds. The van der Waals surface area contributed by atoms with Gasteiger partial charge in [0.2, 0.25) is 5.78 Å². The van der Waals surface area contributed by atoms with Crippen molar-refractivity contribution in [2.75, 3.05) is 13.7 Å². The number of carbonyl (C=O) groups excluding carboxylic acids is 1. The van der Waals surface area contributed by atoms with Gasteiger partial charge < -0.3 is 43.6 Å². The minimum atomic E-state index is -4.81. The fraction of sp³-hybridized carbons (Fsp3) is 0.240. The predicted octanol–water partition coefficient (Wildman–Crippen LogP) is 1.84. The number of aliphatic hydroxyl groups excluding tert-OH is 2. The zero-order valence-electron chi connectivity index (χ0n) is 20.0. The summed E-state index contributed by atoms with van der Waals surface area (Å²) in [6.45, 7) is -0.458. The summed E-state index contributed by atoms with van der Waals surface area (Å²) in [6.07, 6.45) is -4.72. The molecular weight excluding hydrogens is 540 g/mol. The van der Waals surface area contributed by atoms with Crippen molar-refractivity contribution in [3.8, 4) is 40.2 Å². The fourth-order valence-corrected chi connectivity index (χ4v) is 4.82. The van der Waals surface area contributed by atoms with Gasteiger partial charge in [0.1, 0.15) is 22.8 Å². The summed E-state index contributed by atoms with van der Waals surface area (Å²) in [7, 11) is -3.55. The van der Waals surface area contributed by atoms with Crippen LogP contribution in [0.25, 0.3) is 0 Å². The largest absolute Gasteiger partial charge is 0.508 e. The average Bonchev–Trinajstić information content (AvgIpc) is 2.88. The van der Waals surface area contributed by atoms with Crippen LogP contribution in [0.5, 0.6) is 40.2 Å². The van der Waals surface area contributed by atoms with Crippen molar-refractivity contribution in [1.29, 1.82) is 0 Å². The van der Waals surface area contributed by atoms with Gasteiger partial charge in [0.25, 0.3) is 0 Å². The monoisotopic (exact) mass is 562 g/mol. The number of hydrogen-bond acceptors (Lipinski definition) is 12. The number of benzene rings is 3. The molecule has 13 nitrogen and oxygen atoms in total. The van der Waals surface area contributed by atoms with Crippen LogP contribution in [0.15, 0.2) is 48.5 Å². The molecule has 2 heterocycles. The number of carbonyl (C=O) groups is 1. The molecule has 0 fully saturated rings. The summed E-state index contributed by atoms with van der Waals surface area (Å²) in [6, 6.07) is 10.6. The van der Waals surface area contributed by atoms with Gasteiger partial charge in [-0.15, -0.1) is 0 Å².